The first-order chi connectivity index (χ1) is 15.0. The van der Waals surface area contributed by atoms with Crippen molar-refractivity contribution >= 4 is 34.7 Å². The van der Waals surface area contributed by atoms with Crippen molar-refractivity contribution < 1.29 is 23.7 Å². The summed E-state index contributed by atoms with van der Waals surface area (Å²) in [6, 6.07) is 8.48. The number of halogens is 1. The number of hydrogen-bond donors (Lipinski definition) is 1. The van der Waals surface area contributed by atoms with Gasteiger partial charge in [-0.1, -0.05) is 18.6 Å². The summed E-state index contributed by atoms with van der Waals surface area (Å²) in [6.45, 7) is 6.42. The lowest BCUT2D eigenvalue weighted by Gasteiger charge is -2.13. The Morgan fingerprint density at radius 3 is 2.71 bits per heavy atom. The van der Waals surface area contributed by atoms with Crippen LogP contribution in [0.5, 0.6) is 23.0 Å². The van der Waals surface area contributed by atoms with E-state index in [1.165, 1.54) is 13.3 Å². The molecule has 7 nitrogen and oxygen atoms in total. The van der Waals surface area contributed by atoms with Crippen LogP contribution in [0.4, 0.5) is 0 Å². The number of nitrogens with one attached hydrogen (secondary N) is 1. The Morgan fingerprint density at radius 1 is 1.23 bits per heavy atom. The van der Waals surface area contributed by atoms with Gasteiger partial charge in [0.25, 0.3) is 5.91 Å². The Balaban J connectivity index is 2.13. The molecule has 1 N–H and O–H groups in total. The fraction of sp³-hybridized carbons (Fsp3) is 0.217. The van der Waals surface area contributed by atoms with E-state index in [1.54, 1.807) is 30.3 Å². The van der Waals surface area contributed by atoms with Crippen LogP contribution in [-0.2, 0) is 0 Å². The van der Waals surface area contributed by atoms with Gasteiger partial charge in [-0.25, -0.2) is 5.43 Å². The zero-order chi connectivity index (χ0) is 22.6. The van der Waals surface area contributed by atoms with Crippen LogP contribution in [0.25, 0.3) is 0 Å². The monoisotopic (exact) mass is 534 g/mol. The SMILES string of the molecule is C#CCOc1c(I)cc(/C=N/NC(=O)c2ccc(OCC=C)c(OC)c2)cc1OCC. The van der Waals surface area contributed by atoms with Crippen LogP contribution in [0.15, 0.2) is 48.1 Å². The second-order valence-corrected chi connectivity index (χ2v) is 7.08. The van der Waals surface area contributed by atoms with Crippen LogP contribution in [0, 0.1) is 15.9 Å². The van der Waals surface area contributed by atoms with E-state index >= 15 is 0 Å². The van der Waals surface area contributed by atoms with Crippen molar-refractivity contribution in [1.82, 2.24) is 5.43 Å². The lowest BCUT2D eigenvalue weighted by atomic mass is 10.2. The molecule has 8 heteroatoms. The third-order valence-electron chi connectivity index (χ3n) is 3.79. The van der Waals surface area contributed by atoms with Crippen molar-refractivity contribution in [2.75, 3.05) is 26.9 Å². The zero-order valence-electron chi connectivity index (χ0n) is 17.3. The fourth-order valence-electron chi connectivity index (χ4n) is 2.49. The number of nitrogens with zero attached hydrogens (tertiary/aromatic N) is 1. The molecule has 0 aliphatic rings. The number of hydrogen-bond acceptors (Lipinski definition) is 6. The number of amides is 1. The van der Waals surface area contributed by atoms with Gasteiger partial charge in [-0.2, -0.15) is 5.10 Å². The summed E-state index contributed by atoms with van der Waals surface area (Å²) in [5.41, 5.74) is 3.60. The molecule has 0 fully saturated rings. The maximum atomic E-state index is 12.4. The Labute approximate surface area is 195 Å². The van der Waals surface area contributed by atoms with Gasteiger partial charge in [0.05, 0.1) is 23.5 Å². The van der Waals surface area contributed by atoms with E-state index < -0.39 is 5.91 Å². The molecule has 0 atom stereocenters. The van der Waals surface area contributed by atoms with E-state index in [0.717, 1.165) is 9.13 Å². The highest BCUT2D eigenvalue weighted by molar-refractivity contribution is 14.1. The Kier molecular flexibility index (Phi) is 9.71. The number of benzene rings is 2. The maximum Gasteiger partial charge on any atom is 0.271 e. The van der Waals surface area contributed by atoms with Crippen LogP contribution in [0.2, 0.25) is 0 Å². The molecule has 0 heterocycles. The average Bonchev–Trinajstić information content (AvgIpc) is 2.77. The van der Waals surface area contributed by atoms with Gasteiger partial charge in [-0.05, 0) is 65.4 Å². The first-order valence-electron chi connectivity index (χ1n) is 9.31. The number of carbonyl (C=O) groups is 1. The van der Waals surface area contributed by atoms with E-state index in [2.05, 4.69) is 45.6 Å². The summed E-state index contributed by atoms with van der Waals surface area (Å²) >= 11 is 2.13. The van der Waals surface area contributed by atoms with Gasteiger partial charge in [0, 0.05) is 5.56 Å². The molecule has 0 aliphatic heterocycles. The van der Waals surface area contributed by atoms with Crippen LogP contribution in [-0.4, -0.2) is 39.1 Å². The molecule has 0 aliphatic carbocycles. The molecule has 1 amide bonds. The standard InChI is InChI=1S/C23H23IN2O5/c1-5-10-30-19-9-8-17(14-20(19)28-4)23(27)26-25-15-16-12-18(24)22(31-11-6-2)21(13-16)29-7-3/h2,5,8-9,12-15H,1,7,10-11H2,3-4H3,(H,26,27)/b25-15+. The molecule has 0 radical (unpaired) electrons. The van der Waals surface area contributed by atoms with Gasteiger partial charge in [0.15, 0.2) is 23.0 Å². The van der Waals surface area contributed by atoms with Crippen molar-refractivity contribution in [3.8, 4) is 35.3 Å². The maximum absolute atomic E-state index is 12.4. The topological polar surface area (TPSA) is 78.4 Å². The number of methoxy groups -OCH3 is 1. The molecule has 0 unspecified atom stereocenters. The van der Waals surface area contributed by atoms with Gasteiger partial charge < -0.3 is 18.9 Å². The molecule has 0 saturated heterocycles. The van der Waals surface area contributed by atoms with E-state index in [-0.39, 0.29) is 6.61 Å². The van der Waals surface area contributed by atoms with Crippen LogP contribution < -0.4 is 24.4 Å². The summed E-state index contributed by atoms with van der Waals surface area (Å²) in [4.78, 5) is 12.4. The largest absolute Gasteiger partial charge is 0.493 e. The number of terminal acetylenes is 1. The highest BCUT2D eigenvalue weighted by Crippen LogP contribution is 2.34. The highest BCUT2D eigenvalue weighted by atomic mass is 127. The normalized spacial score (nSPS) is 10.3. The third kappa shape index (κ3) is 6.93. The van der Waals surface area contributed by atoms with E-state index in [1.807, 2.05) is 13.0 Å². The Morgan fingerprint density at radius 2 is 2.03 bits per heavy atom. The number of carbonyl (C=O) groups excluding carboxylic acids is 1. The van der Waals surface area contributed by atoms with Crippen molar-refractivity contribution in [3.63, 3.8) is 0 Å². The molecule has 0 aromatic heterocycles. The highest BCUT2D eigenvalue weighted by Gasteiger charge is 2.13. The van der Waals surface area contributed by atoms with E-state index in [0.29, 0.717) is 41.8 Å². The van der Waals surface area contributed by atoms with E-state index in [9.17, 15) is 4.79 Å². The first kappa shape index (κ1) is 24.1. The van der Waals surface area contributed by atoms with Gasteiger partial charge in [-0.15, -0.1) is 6.42 Å². The second kappa shape index (κ2) is 12.5. The Hall–Kier alpha value is -3.19. The third-order valence-corrected chi connectivity index (χ3v) is 4.60. The zero-order valence-corrected chi connectivity index (χ0v) is 19.5. The molecular formula is C23H23IN2O5. The smallest absolute Gasteiger partial charge is 0.271 e. The molecule has 2 rings (SSSR count). The van der Waals surface area contributed by atoms with Crippen LogP contribution >= 0.6 is 22.6 Å². The van der Waals surface area contributed by atoms with Crippen LogP contribution in [0.3, 0.4) is 0 Å². The lowest BCUT2D eigenvalue weighted by molar-refractivity contribution is 0.0954. The molecule has 31 heavy (non-hydrogen) atoms. The minimum atomic E-state index is -0.390. The summed E-state index contributed by atoms with van der Waals surface area (Å²) < 4.78 is 22.8. The van der Waals surface area contributed by atoms with Gasteiger partial charge >= 0.3 is 0 Å². The molecule has 0 bridgehead atoms. The molecular weight excluding hydrogens is 511 g/mol. The molecule has 2 aromatic carbocycles. The van der Waals surface area contributed by atoms with Gasteiger partial charge in [-0.3, -0.25) is 4.79 Å². The quantitative estimate of drug-likeness (QED) is 0.155. The summed E-state index contributed by atoms with van der Waals surface area (Å²) in [5.74, 6) is 4.14. The summed E-state index contributed by atoms with van der Waals surface area (Å²) in [6.07, 6.45) is 8.42. The lowest BCUT2D eigenvalue weighted by Crippen LogP contribution is -2.17. The number of rotatable bonds is 11. The molecule has 2 aromatic rings. The van der Waals surface area contributed by atoms with Gasteiger partial charge in [0.1, 0.15) is 13.2 Å². The van der Waals surface area contributed by atoms with Crippen molar-refractivity contribution in [2.45, 2.75) is 6.92 Å². The van der Waals surface area contributed by atoms with Crippen LogP contribution in [0.1, 0.15) is 22.8 Å². The Bertz CT molecular complexity index is 998. The minimum Gasteiger partial charge on any atom is -0.493 e. The number of ether oxygens (including phenoxy) is 4. The summed E-state index contributed by atoms with van der Waals surface area (Å²) in [5, 5.41) is 4.04. The average molecular weight is 534 g/mol. The number of hydrazone groups is 1. The first-order valence-corrected chi connectivity index (χ1v) is 10.4. The molecule has 0 spiro atoms. The molecule has 162 valence electrons. The molecule has 0 saturated carbocycles. The van der Waals surface area contributed by atoms with Crippen molar-refractivity contribution in [3.05, 3.63) is 57.7 Å². The summed E-state index contributed by atoms with van der Waals surface area (Å²) in [7, 11) is 1.50. The fourth-order valence-corrected chi connectivity index (χ4v) is 3.27. The predicted molar refractivity (Wildman–Crippen MR) is 128 cm³/mol. The minimum absolute atomic E-state index is 0.139. The van der Waals surface area contributed by atoms with Gasteiger partial charge in [0.2, 0.25) is 0 Å². The second-order valence-electron chi connectivity index (χ2n) is 5.92. The van der Waals surface area contributed by atoms with Crippen molar-refractivity contribution in [1.29, 1.82) is 0 Å². The van der Waals surface area contributed by atoms with Crippen molar-refractivity contribution in [2.24, 2.45) is 5.10 Å². The predicted octanol–water partition coefficient (Wildman–Crippen LogP) is 4.04. The van der Waals surface area contributed by atoms with E-state index in [4.69, 9.17) is 25.4 Å².